The van der Waals surface area contributed by atoms with E-state index in [0.29, 0.717) is 45.0 Å². The van der Waals surface area contributed by atoms with E-state index in [4.69, 9.17) is 4.74 Å². The van der Waals surface area contributed by atoms with Gasteiger partial charge in [0.15, 0.2) is 0 Å². The van der Waals surface area contributed by atoms with Crippen LogP contribution < -0.4 is 16.1 Å². The predicted molar refractivity (Wildman–Crippen MR) is 116 cm³/mol. The van der Waals surface area contributed by atoms with Gasteiger partial charge in [-0.2, -0.15) is 0 Å². The number of piperazine rings is 1. The molecule has 0 N–H and O–H groups in total. The van der Waals surface area contributed by atoms with Gasteiger partial charge in [0.05, 0.1) is 6.61 Å². The molecule has 1 atom stereocenters. The summed E-state index contributed by atoms with van der Waals surface area (Å²) in [5.41, 5.74) is 0.538. The number of carbonyl (C=O) groups excluding carboxylic acids is 1. The molecule has 1 aliphatic rings. The zero-order chi connectivity index (χ0) is 21.7. The molecular formula is C22H30N4O4. The predicted octanol–water partition coefficient (Wildman–Crippen LogP) is 0.771. The number of ether oxygens (including phenoxy) is 1. The number of esters is 1. The SMILES string of the molecule is CCOC(=O)C(CCc1ccccc1)N1CCN(c2cc(=O)n(C)c(=O)n2C)CC1. The first-order valence-corrected chi connectivity index (χ1v) is 10.4. The highest BCUT2D eigenvalue weighted by Crippen LogP contribution is 2.18. The fourth-order valence-electron chi connectivity index (χ4n) is 3.92. The molecule has 1 aromatic heterocycles. The molecule has 0 saturated carbocycles. The molecule has 162 valence electrons. The molecule has 0 spiro atoms. The Hall–Kier alpha value is -2.87. The molecule has 0 amide bonds. The summed E-state index contributed by atoms with van der Waals surface area (Å²) in [4.78, 5) is 41.1. The summed E-state index contributed by atoms with van der Waals surface area (Å²) < 4.78 is 7.93. The standard InChI is InChI=1S/C22H30N4O4/c1-4-30-21(28)18(11-10-17-8-6-5-7-9-17)25-12-14-26(15-13-25)19-16-20(27)24(3)22(29)23(19)2/h5-9,16,18H,4,10-15H2,1-3H3. The Morgan fingerprint density at radius 2 is 1.70 bits per heavy atom. The lowest BCUT2D eigenvalue weighted by atomic mass is 10.0. The number of benzene rings is 1. The topological polar surface area (TPSA) is 76.8 Å². The maximum atomic E-state index is 12.6. The Labute approximate surface area is 176 Å². The quantitative estimate of drug-likeness (QED) is 0.623. The van der Waals surface area contributed by atoms with E-state index in [1.54, 1.807) is 7.05 Å². The Bertz CT molecular complexity index is 975. The molecule has 1 saturated heterocycles. The first-order chi connectivity index (χ1) is 14.4. The minimum atomic E-state index is -0.341. The third-order valence-corrected chi connectivity index (χ3v) is 5.69. The number of aromatic nitrogens is 2. The molecule has 0 radical (unpaired) electrons. The lowest BCUT2D eigenvalue weighted by Crippen LogP contribution is -2.54. The van der Waals surface area contributed by atoms with Gasteiger partial charge in [-0.25, -0.2) is 4.79 Å². The van der Waals surface area contributed by atoms with Crippen LogP contribution in [0.1, 0.15) is 18.9 Å². The molecule has 30 heavy (non-hydrogen) atoms. The molecule has 3 rings (SSSR count). The van der Waals surface area contributed by atoms with Crippen molar-refractivity contribution in [2.45, 2.75) is 25.8 Å². The smallest absolute Gasteiger partial charge is 0.332 e. The molecule has 8 heteroatoms. The number of nitrogens with zero attached hydrogens (tertiary/aromatic N) is 4. The Balaban J connectivity index is 1.70. The van der Waals surface area contributed by atoms with Crippen LogP contribution in [-0.2, 0) is 30.0 Å². The molecule has 1 unspecified atom stereocenters. The average Bonchev–Trinajstić information content (AvgIpc) is 2.76. The minimum Gasteiger partial charge on any atom is -0.465 e. The van der Waals surface area contributed by atoms with Crippen molar-refractivity contribution < 1.29 is 9.53 Å². The van der Waals surface area contributed by atoms with Crippen molar-refractivity contribution >= 4 is 11.8 Å². The zero-order valence-corrected chi connectivity index (χ0v) is 17.9. The van der Waals surface area contributed by atoms with Gasteiger partial charge in [-0.15, -0.1) is 0 Å². The molecule has 0 aliphatic carbocycles. The molecule has 1 aromatic carbocycles. The van der Waals surface area contributed by atoms with Crippen molar-refractivity contribution in [1.29, 1.82) is 0 Å². The molecule has 1 fully saturated rings. The third kappa shape index (κ3) is 4.81. The van der Waals surface area contributed by atoms with E-state index in [1.807, 2.05) is 30.0 Å². The van der Waals surface area contributed by atoms with Crippen LogP contribution in [0.4, 0.5) is 5.82 Å². The van der Waals surface area contributed by atoms with E-state index in [-0.39, 0.29) is 23.3 Å². The van der Waals surface area contributed by atoms with E-state index in [1.165, 1.54) is 23.2 Å². The summed E-state index contributed by atoms with van der Waals surface area (Å²) in [5.74, 6) is 0.419. The first-order valence-electron chi connectivity index (χ1n) is 10.4. The average molecular weight is 415 g/mol. The van der Waals surface area contributed by atoms with Crippen LogP contribution >= 0.6 is 0 Å². The second-order valence-electron chi connectivity index (χ2n) is 7.56. The molecular weight excluding hydrogens is 384 g/mol. The third-order valence-electron chi connectivity index (χ3n) is 5.69. The lowest BCUT2D eigenvalue weighted by Gasteiger charge is -2.39. The van der Waals surface area contributed by atoms with Crippen molar-refractivity contribution in [3.05, 3.63) is 62.8 Å². The highest BCUT2D eigenvalue weighted by atomic mass is 16.5. The first kappa shape index (κ1) is 21.8. The Kier molecular flexibility index (Phi) is 7.10. The van der Waals surface area contributed by atoms with Crippen LogP contribution in [0.5, 0.6) is 0 Å². The van der Waals surface area contributed by atoms with E-state index in [9.17, 15) is 14.4 Å². The Morgan fingerprint density at radius 3 is 2.33 bits per heavy atom. The van der Waals surface area contributed by atoms with E-state index in [2.05, 4.69) is 17.0 Å². The highest BCUT2D eigenvalue weighted by molar-refractivity contribution is 5.75. The van der Waals surface area contributed by atoms with Crippen LogP contribution in [0.25, 0.3) is 0 Å². The summed E-state index contributed by atoms with van der Waals surface area (Å²) in [6.07, 6.45) is 1.49. The van der Waals surface area contributed by atoms with Crippen LogP contribution in [0.15, 0.2) is 46.0 Å². The van der Waals surface area contributed by atoms with Gasteiger partial charge >= 0.3 is 11.7 Å². The second kappa shape index (κ2) is 9.75. The summed E-state index contributed by atoms with van der Waals surface area (Å²) in [6.45, 7) is 4.74. The van der Waals surface area contributed by atoms with Gasteiger partial charge in [-0.05, 0) is 25.3 Å². The minimum absolute atomic E-state index is 0.192. The number of hydrogen-bond acceptors (Lipinski definition) is 6. The van der Waals surface area contributed by atoms with Gasteiger partial charge in [0, 0.05) is 46.3 Å². The summed E-state index contributed by atoms with van der Waals surface area (Å²) >= 11 is 0. The molecule has 2 aromatic rings. The number of carbonyl (C=O) groups is 1. The van der Waals surface area contributed by atoms with Crippen LogP contribution in [0.3, 0.4) is 0 Å². The van der Waals surface area contributed by atoms with E-state index in [0.717, 1.165) is 11.0 Å². The van der Waals surface area contributed by atoms with Crippen molar-refractivity contribution in [2.75, 3.05) is 37.7 Å². The molecule has 2 heterocycles. The van der Waals surface area contributed by atoms with Crippen molar-refractivity contribution in [1.82, 2.24) is 14.0 Å². The van der Waals surface area contributed by atoms with Crippen LogP contribution in [0.2, 0.25) is 0 Å². The summed E-state index contributed by atoms with van der Waals surface area (Å²) in [6, 6.07) is 11.3. The summed E-state index contributed by atoms with van der Waals surface area (Å²) in [7, 11) is 3.15. The van der Waals surface area contributed by atoms with E-state index >= 15 is 0 Å². The van der Waals surface area contributed by atoms with Gasteiger partial charge in [0.2, 0.25) is 0 Å². The van der Waals surface area contributed by atoms with Gasteiger partial charge in [0.25, 0.3) is 5.56 Å². The molecule has 1 aliphatic heterocycles. The molecule has 8 nitrogen and oxygen atoms in total. The van der Waals surface area contributed by atoms with Gasteiger partial charge < -0.3 is 9.64 Å². The van der Waals surface area contributed by atoms with Crippen LogP contribution in [-0.4, -0.2) is 58.8 Å². The maximum absolute atomic E-state index is 12.6. The van der Waals surface area contributed by atoms with Crippen LogP contribution in [0, 0.1) is 0 Å². The van der Waals surface area contributed by atoms with Gasteiger partial charge in [-0.1, -0.05) is 30.3 Å². The largest absolute Gasteiger partial charge is 0.465 e. The number of rotatable bonds is 7. The summed E-state index contributed by atoms with van der Waals surface area (Å²) in [5, 5.41) is 0. The zero-order valence-electron chi connectivity index (χ0n) is 17.9. The molecule has 0 bridgehead atoms. The number of anilines is 1. The van der Waals surface area contributed by atoms with Gasteiger partial charge in [-0.3, -0.25) is 23.6 Å². The van der Waals surface area contributed by atoms with Gasteiger partial charge in [0.1, 0.15) is 11.9 Å². The Morgan fingerprint density at radius 1 is 1.03 bits per heavy atom. The maximum Gasteiger partial charge on any atom is 0.332 e. The second-order valence-corrected chi connectivity index (χ2v) is 7.56. The lowest BCUT2D eigenvalue weighted by molar-refractivity contribution is -0.150. The number of hydrogen-bond donors (Lipinski definition) is 0. The van der Waals surface area contributed by atoms with Crippen molar-refractivity contribution in [3.8, 4) is 0 Å². The highest BCUT2D eigenvalue weighted by Gasteiger charge is 2.30. The van der Waals surface area contributed by atoms with Crippen molar-refractivity contribution in [3.63, 3.8) is 0 Å². The fraction of sp³-hybridized carbons (Fsp3) is 0.500. The number of aryl methyl sites for hydroxylation is 1. The fourth-order valence-corrected chi connectivity index (χ4v) is 3.92. The normalized spacial score (nSPS) is 15.8. The monoisotopic (exact) mass is 414 g/mol. The van der Waals surface area contributed by atoms with Crippen molar-refractivity contribution in [2.24, 2.45) is 14.1 Å². The van der Waals surface area contributed by atoms with E-state index < -0.39 is 0 Å².